The molecule has 0 heterocycles. The van der Waals surface area contributed by atoms with E-state index >= 15 is 0 Å². The van der Waals surface area contributed by atoms with Crippen LogP contribution in [0.1, 0.15) is 290 Å². The van der Waals surface area contributed by atoms with Crippen molar-refractivity contribution in [2.24, 2.45) is 0 Å². The number of carboxylic acid groups (broad SMARTS) is 1. The van der Waals surface area contributed by atoms with E-state index in [1.807, 2.05) is 21.1 Å². The molecule has 0 N–H and O–H groups in total. The summed E-state index contributed by atoms with van der Waals surface area (Å²) in [6.45, 7) is 4.64. The molecule has 9 heteroatoms. The van der Waals surface area contributed by atoms with Crippen molar-refractivity contribution < 1.29 is 42.9 Å². The minimum atomic E-state index is -1.62. The van der Waals surface area contributed by atoms with E-state index in [0.29, 0.717) is 17.4 Å². The van der Waals surface area contributed by atoms with E-state index in [0.717, 1.165) is 96.3 Å². The molecule has 9 nitrogen and oxygen atoms in total. The summed E-state index contributed by atoms with van der Waals surface area (Å²) in [5.41, 5.74) is 0. The van der Waals surface area contributed by atoms with Gasteiger partial charge in [-0.25, -0.2) is 0 Å². The molecule has 0 aromatic heterocycles. The molecule has 0 aliphatic rings. The first-order valence-electron chi connectivity index (χ1n) is 33.9. The third-order valence-electron chi connectivity index (χ3n) is 14.6. The summed E-state index contributed by atoms with van der Waals surface area (Å²) in [6.07, 6.45) is 83.5. The fourth-order valence-corrected chi connectivity index (χ4v) is 9.40. The van der Waals surface area contributed by atoms with Crippen molar-refractivity contribution >= 4 is 17.9 Å². The van der Waals surface area contributed by atoms with Crippen LogP contribution in [-0.4, -0.2) is 82.3 Å². The number of ether oxygens (including phenoxy) is 4. The van der Waals surface area contributed by atoms with Crippen molar-refractivity contribution in [2.45, 2.75) is 302 Å². The van der Waals surface area contributed by atoms with Crippen LogP contribution in [0.25, 0.3) is 0 Å². The summed E-state index contributed by atoms with van der Waals surface area (Å²) in [5, 5.41) is 11.8. The predicted octanol–water partition coefficient (Wildman–Crippen LogP) is 19.5. The molecule has 0 amide bonds. The van der Waals surface area contributed by atoms with Crippen molar-refractivity contribution in [1.82, 2.24) is 0 Å². The lowest BCUT2D eigenvalue weighted by Crippen LogP contribution is -2.44. The van der Waals surface area contributed by atoms with Crippen LogP contribution >= 0.6 is 0 Å². The lowest BCUT2D eigenvalue weighted by molar-refractivity contribution is -0.870. The molecule has 0 rings (SSSR count). The Kier molecular flexibility index (Phi) is 60.3. The van der Waals surface area contributed by atoms with Crippen LogP contribution in [0.15, 0.2) is 97.2 Å². The van der Waals surface area contributed by atoms with Gasteiger partial charge in [0, 0.05) is 12.8 Å². The Morgan fingerprint density at radius 1 is 0.378 bits per heavy atom. The molecule has 0 aromatic carbocycles. The highest BCUT2D eigenvalue weighted by Gasteiger charge is 2.22. The van der Waals surface area contributed by atoms with Crippen LogP contribution in [0.2, 0.25) is 0 Å². The summed E-state index contributed by atoms with van der Waals surface area (Å²) < 4.78 is 22.7. The number of carbonyl (C=O) groups excluding carboxylic acids is 3. The minimum absolute atomic E-state index is 0.145. The number of hydrogen-bond donors (Lipinski definition) is 0. The number of carbonyl (C=O) groups is 3. The molecule has 2 atom stereocenters. The molecule has 0 aliphatic heterocycles. The third kappa shape index (κ3) is 63.8. The Morgan fingerprint density at radius 3 is 1.05 bits per heavy atom. The van der Waals surface area contributed by atoms with Gasteiger partial charge in [0.15, 0.2) is 12.4 Å². The Bertz CT molecular complexity index is 1670. The summed E-state index contributed by atoms with van der Waals surface area (Å²) in [5.74, 6) is -2.28. The van der Waals surface area contributed by atoms with Crippen LogP contribution in [-0.2, 0) is 33.3 Å². The van der Waals surface area contributed by atoms with Crippen LogP contribution in [0.3, 0.4) is 0 Å². The Labute approximate surface area is 505 Å². The number of likely N-dealkylation sites (N-methyl/N-ethyl adjacent to an activating group) is 1. The van der Waals surface area contributed by atoms with Gasteiger partial charge in [-0.3, -0.25) is 9.59 Å². The van der Waals surface area contributed by atoms with Gasteiger partial charge in [0.25, 0.3) is 0 Å². The number of quaternary nitrogens is 1. The number of allylic oxidation sites excluding steroid dienone is 16. The fourth-order valence-electron chi connectivity index (χ4n) is 9.40. The fraction of sp³-hybridized carbons (Fsp3) is 0.740. The number of rotatable bonds is 62. The quantitative estimate of drug-likeness (QED) is 0.0195. The van der Waals surface area contributed by atoms with Gasteiger partial charge in [0.2, 0.25) is 0 Å². The standard InChI is InChI=1S/C73H127NO8/c1-6-8-10-12-14-16-18-20-22-24-25-26-27-28-29-30-31-32-33-34-35-36-37-38-39-40-41-42-43-44-45-46-47-48-50-52-54-56-58-60-62-64-71(76)82-69(68-81-73(72(77)78)79-66-65-74(3,4)5)67-80-70(75)63-61-59-57-55-53-51-49-23-21-19-17-15-13-11-9-7-2/h8,10,14,16,20,22-23,25-26,28-29,31-32,34-35,49,69,73H,6-7,9,11-13,15,17-19,21,24,27,30,33,36-48,50-68H2,1-5H3/b10-8-,16-14-,22-20-,26-25-,29-28-,32-31-,35-34-,49-23-. The van der Waals surface area contributed by atoms with Crippen molar-refractivity contribution in [3.63, 3.8) is 0 Å². The molecule has 0 spiro atoms. The number of nitrogens with zero attached hydrogens (tertiary/aromatic N) is 1. The zero-order chi connectivity index (χ0) is 59.8. The van der Waals surface area contributed by atoms with Gasteiger partial charge in [0.05, 0.1) is 40.3 Å². The second-order valence-electron chi connectivity index (χ2n) is 23.7. The lowest BCUT2D eigenvalue weighted by Gasteiger charge is -2.26. The van der Waals surface area contributed by atoms with E-state index in [1.54, 1.807) is 0 Å². The summed E-state index contributed by atoms with van der Waals surface area (Å²) >= 11 is 0. The van der Waals surface area contributed by atoms with E-state index < -0.39 is 24.3 Å². The first-order chi connectivity index (χ1) is 40.1. The molecule has 0 saturated heterocycles. The Balaban J connectivity index is 4.01. The molecule has 0 aromatic rings. The Morgan fingerprint density at radius 2 is 0.695 bits per heavy atom. The molecule has 2 unspecified atom stereocenters. The Hall–Kier alpha value is -3.79. The minimum Gasteiger partial charge on any atom is -0.545 e. The zero-order valence-electron chi connectivity index (χ0n) is 53.8. The monoisotopic (exact) mass is 1150 g/mol. The van der Waals surface area contributed by atoms with E-state index in [9.17, 15) is 19.5 Å². The molecular formula is C73H127NO8. The highest BCUT2D eigenvalue weighted by atomic mass is 16.7. The number of aliphatic carboxylic acids is 1. The van der Waals surface area contributed by atoms with Gasteiger partial charge in [0.1, 0.15) is 13.2 Å². The first kappa shape index (κ1) is 78.2. The predicted molar refractivity (Wildman–Crippen MR) is 347 cm³/mol. The molecule has 0 bridgehead atoms. The summed E-state index contributed by atoms with van der Waals surface area (Å²) in [7, 11) is 5.93. The molecule has 0 saturated carbocycles. The van der Waals surface area contributed by atoms with E-state index in [1.165, 1.54) is 161 Å². The van der Waals surface area contributed by atoms with Gasteiger partial charge in [-0.2, -0.15) is 0 Å². The number of unbranched alkanes of at least 4 members (excludes halogenated alkanes) is 31. The maximum Gasteiger partial charge on any atom is 0.306 e. The second kappa shape index (κ2) is 63.2. The number of hydrogen-bond acceptors (Lipinski definition) is 8. The van der Waals surface area contributed by atoms with Crippen LogP contribution in [0.4, 0.5) is 0 Å². The van der Waals surface area contributed by atoms with E-state index in [4.69, 9.17) is 18.9 Å². The van der Waals surface area contributed by atoms with Crippen molar-refractivity contribution in [1.29, 1.82) is 0 Å². The van der Waals surface area contributed by atoms with Gasteiger partial charge in [-0.1, -0.05) is 278 Å². The molecule has 0 aliphatic carbocycles. The van der Waals surface area contributed by atoms with Crippen LogP contribution in [0, 0.1) is 0 Å². The molecular weight excluding hydrogens is 1020 g/mol. The average molecular weight is 1150 g/mol. The normalized spacial score (nSPS) is 13.3. The van der Waals surface area contributed by atoms with Crippen LogP contribution in [0.5, 0.6) is 0 Å². The van der Waals surface area contributed by atoms with Crippen molar-refractivity contribution in [3.05, 3.63) is 97.2 Å². The maximum atomic E-state index is 12.9. The van der Waals surface area contributed by atoms with Gasteiger partial charge in [-0.15, -0.1) is 0 Å². The van der Waals surface area contributed by atoms with Crippen molar-refractivity contribution in [2.75, 3.05) is 47.5 Å². The number of esters is 2. The second-order valence-corrected chi connectivity index (χ2v) is 23.7. The van der Waals surface area contributed by atoms with Gasteiger partial charge in [-0.05, 0) is 96.3 Å². The van der Waals surface area contributed by atoms with Gasteiger partial charge < -0.3 is 33.3 Å². The van der Waals surface area contributed by atoms with E-state index in [-0.39, 0.29) is 38.6 Å². The van der Waals surface area contributed by atoms with Crippen LogP contribution < -0.4 is 5.11 Å². The van der Waals surface area contributed by atoms with Crippen molar-refractivity contribution in [3.8, 4) is 0 Å². The topological polar surface area (TPSA) is 111 Å². The zero-order valence-corrected chi connectivity index (χ0v) is 53.8. The lowest BCUT2D eigenvalue weighted by atomic mass is 10.0. The highest BCUT2D eigenvalue weighted by molar-refractivity contribution is 5.70. The molecule has 0 radical (unpaired) electrons. The molecule has 472 valence electrons. The maximum absolute atomic E-state index is 12.9. The highest BCUT2D eigenvalue weighted by Crippen LogP contribution is 2.17. The van der Waals surface area contributed by atoms with E-state index in [2.05, 4.69) is 111 Å². The first-order valence-corrected chi connectivity index (χ1v) is 33.9. The van der Waals surface area contributed by atoms with Gasteiger partial charge >= 0.3 is 11.9 Å². The molecule has 0 fully saturated rings. The SMILES string of the molecule is CC/C=C\C/C=C\C/C=C\C/C=C\C/C=C\C/C=C\C/C=C\CCCCCCCCCCCCCCCCCCCCCC(=O)OC(COC(=O)CCCCCCC/C=C\CCCCCCCCC)COC(OCC[N+](C)(C)C)C(=O)[O-]. The number of carboxylic acids is 1. The average Bonchev–Trinajstić information content (AvgIpc) is 3.45. The molecule has 82 heavy (non-hydrogen) atoms. The smallest absolute Gasteiger partial charge is 0.306 e. The summed E-state index contributed by atoms with van der Waals surface area (Å²) in [6, 6.07) is 0. The summed E-state index contributed by atoms with van der Waals surface area (Å²) in [4.78, 5) is 37.4. The third-order valence-corrected chi connectivity index (χ3v) is 14.6. The largest absolute Gasteiger partial charge is 0.545 e.